The molecule has 31 rings (SSSR count). The molecule has 0 spiro atoms. The van der Waals surface area contributed by atoms with Crippen molar-refractivity contribution < 1.29 is 4.42 Å². The molecule has 141 heavy (non-hydrogen) atoms. The zero-order valence-electron chi connectivity index (χ0n) is 75.2. The van der Waals surface area contributed by atoms with Gasteiger partial charge in [-0.25, -0.2) is 29.9 Å². The molecule has 0 aliphatic rings. The van der Waals surface area contributed by atoms with Gasteiger partial charge in [0.05, 0.1) is 96.6 Å². The number of fused-ring (bicyclic) bond motifs is 30. The molecule has 0 aliphatic carbocycles. The van der Waals surface area contributed by atoms with Gasteiger partial charge in [0.2, 0.25) is 0 Å². The second-order valence-electron chi connectivity index (χ2n) is 35.7. The second kappa shape index (κ2) is 32.5. The Kier molecular flexibility index (Phi) is 18.6. The number of hydrogen-bond acceptors (Lipinski definition) is 11. The maximum Gasteiger partial charge on any atom is 0.160 e. The third kappa shape index (κ3) is 12.9. The van der Waals surface area contributed by atoms with E-state index in [0.717, 1.165) is 165 Å². The summed E-state index contributed by atoms with van der Waals surface area (Å²) in [7, 11) is 0. The third-order valence-corrected chi connectivity index (χ3v) is 32.5. The van der Waals surface area contributed by atoms with Gasteiger partial charge >= 0.3 is 0 Å². The number of hydrogen-bond donors (Lipinski definition) is 0. The van der Waals surface area contributed by atoms with E-state index in [-0.39, 0.29) is 0 Å². The first kappa shape index (κ1) is 80.6. The largest absolute Gasteiger partial charge is 0.454 e. The van der Waals surface area contributed by atoms with Gasteiger partial charge in [-0.05, 0) is 109 Å². The van der Waals surface area contributed by atoms with Gasteiger partial charge < -0.3 is 22.7 Å². The lowest BCUT2D eigenvalue weighted by atomic mass is 10.1. The fourth-order valence-corrected chi connectivity index (χ4v) is 26.1. The minimum Gasteiger partial charge on any atom is -0.454 e. The summed E-state index contributed by atoms with van der Waals surface area (Å²) < 4.78 is 25.8. The van der Waals surface area contributed by atoms with Crippen LogP contribution in [0.25, 0.3) is 281 Å². The van der Waals surface area contributed by atoms with Gasteiger partial charge in [-0.2, -0.15) is 0 Å². The van der Waals surface area contributed by atoms with Crippen LogP contribution in [0.5, 0.6) is 0 Å². The highest BCUT2D eigenvalue weighted by Gasteiger charge is 2.28. The van der Waals surface area contributed by atoms with Gasteiger partial charge in [-0.15, -0.1) is 45.3 Å². The minimum atomic E-state index is 0.736. The van der Waals surface area contributed by atoms with E-state index in [9.17, 15) is 0 Å². The molecule has 0 saturated carbocycles. The Hall–Kier alpha value is -17.7. The SMILES string of the molecule is c1ccc(-c2nc(-c3ccc(-n4c5ccccc5c5ccc6c7ccccc7n(-c7ccccc7)c6c54)cc3)c3sc4ccccc4c3n2)cc1.c1ccc(-c2nc(-c3ccc(-n4c5ccccc5c5ccc6c7ccccc7oc6c54)cc3)c3sc4ccccc4c3n2)cc1.c1ccc(-c2nc(-c3ccc(-n4c5ccccc5c5ccc6c7ccccc7sc6c54)cc3)c3sc4ccccc4c3n2)cc1. The van der Waals surface area contributed by atoms with Crippen LogP contribution in [-0.2, 0) is 0 Å². The first-order valence-corrected chi connectivity index (χ1v) is 50.5. The summed E-state index contributed by atoms with van der Waals surface area (Å²) in [5, 5.41) is 18.3. The van der Waals surface area contributed by atoms with Crippen LogP contribution in [0.3, 0.4) is 0 Å². The molecule has 0 amide bonds. The van der Waals surface area contributed by atoms with Crippen molar-refractivity contribution in [3.05, 3.63) is 449 Å². The van der Waals surface area contributed by atoms with Crippen LogP contribution in [0, 0.1) is 0 Å². The maximum absolute atomic E-state index is 6.55. The third-order valence-electron chi connectivity index (χ3n) is 27.8. The molecule has 0 bridgehead atoms. The number of rotatable bonds is 10. The van der Waals surface area contributed by atoms with E-state index in [2.05, 4.69) is 400 Å². The van der Waals surface area contributed by atoms with Crippen molar-refractivity contribution in [1.82, 2.24) is 48.2 Å². The van der Waals surface area contributed by atoms with Crippen molar-refractivity contribution in [2.75, 3.05) is 0 Å². The van der Waals surface area contributed by atoms with Crippen LogP contribution in [0.1, 0.15) is 0 Å². The van der Waals surface area contributed by atoms with E-state index in [0.29, 0.717) is 0 Å². The maximum atomic E-state index is 6.55. The Labute approximate surface area is 821 Å². The van der Waals surface area contributed by atoms with Gasteiger partial charge in [0.15, 0.2) is 23.1 Å². The van der Waals surface area contributed by atoms with Crippen molar-refractivity contribution in [1.29, 1.82) is 0 Å². The molecule has 0 fully saturated rings. The molecule has 0 aliphatic heterocycles. The molecule has 0 N–H and O–H groups in total. The normalized spacial score (nSPS) is 12.0. The lowest BCUT2D eigenvalue weighted by Gasteiger charge is -2.13. The molecule has 0 unspecified atom stereocenters. The van der Waals surface area contributed by atoms with Crippen molar-refractivity contribution in [3.63, 3.8) is 0 Å². The van der Waals surface area contributed by atoms with Gasteiger partial charge in [0.25, 0.3) is 0 Å². The molecule has 658 valence electrons. The molecule has 31 aromatic rings. The van der Waals surface area contributed by atoms with Crippen LogP contribution in [-0.4, -0.2) is 48.2 Å². The fraction of sp³-hybridized carbons (Fsp3) is 0. The Morgan fingerprint density at radius 2 is 0.440 bits per heavy atom. The average molecular weight is 1870 g/mol. The van der Waals surface area contributed by atoms with Crippen molar-refractivity contribution in [2.45, 2.75) is 0 Å². The second-order valence-corrected chi connectivity index (χ2v) is 39.9. The molecule has 0 atom stereocenters. The lowest BCUT2D eigenvalue weighted by molar-refractivity contribution is 0.671. The van der Waals surface area contributed by atoms with Crippen LogP contribution < -0.4 is 0 Å². The van der Waals surface area contributed by atoms with Gasteiger partial charge in [-0.1, -0.05) is 340 Å². The predicted molar refractivity (Wildman–Crippen MR) is 595 cm³/mol. The summed E-state index contributed by atoms with van der Waals surface area (Å²) in [6.07, 6.45) is 0. The van der Waals surface area contributed by atoms with Gasteiger partial charge in [-0.3, -0.25) is 0 Å². The van der Waals surface area contributed by atoms with E-state index >= 15 is 0 Å². The topological polar surface area (TPSA) is 110 Å². The van der Waals surface area contributed by atoms with Gasteiger partial charge in [0, 0.05) is 156 Å². The molecule has 12 aromatic heterocycles. The van der Waals surface area contributed by atoms with E-state index in [1.165, 1.54) is 116 Å². The molecule has 11 nitrogen and oxygen atoms in total. The lowest BCUT2D eigenvalue weighted by Crippen LogP contribution is -1.99. The fourth-order valence-electron chi connectivity index (χ4n) is 21.4. The molecule has 0 saturated heterocycles. The van der Waals surface area contributed by atoms with Crippen molar-refractivity contribution in [3.8, 4) is 90.7 Å². The van der Waals surface area contributed by atoms with Crippen molar-refractivity contribution in [2.24, 2.45) is 0 Å². The smallest absolute Gasteiger partial charge is 0.160 e. The standard InChI is InChI=1S/C46H28N4S.C40H23N3OS.C40H23N3S2/c1-3-13-30(14-4-1)46-47-41(45-42(48-46)37-19-9-12-22-40(37)51-45)29-23-25-32(26-24-29)50-39-21-11-8-18-34(39)36-28-27-35-33-17-7-10-20-38(33)49(43(35)44(36)50)31-15-5-2-6-16-31;2*1-2-10-25(11-3-1)40-41-35(39-36(42-40)31-14-6-9-17-34(31)45-39)24-18-20-26(21-19-24)43-32-15-7-4-12-27(32)29-22-23-30-28-13-5-8-16-33(28)44-38(30)37(29)43/h1-28H;2*1-23H. The van der Waals surface area contributed by atoms with Crippen LogP contribution in [0.4, 0.5) is 0 Å². The van der Waals surface area contributed by atoms with Crippen LogP contribution in [0.2, 0.25) is 0 Å². The van der Waals surface area contributed by atoms with E-state index in [1.807, 2.05) is 78.1 Å². The molecule has 0 radical (unpaired) electrons. The number of nitrogens with zero attached hydrogens (tertiary/aromatic N) is 10. The van der Waals surface area contributed by atoms with E-state index < -0.39 is 0 Å². The van der Waals surface area contributed by atoms with E-state index in [4.69, 9.17) is 34.3 Å². The summed E-state index contributed by atoms with van der Waals surface area (Å²) in [5.41, 5.74) is 27.9. The summed E-state index contributed by atoms with van der Waals surface area (Å²) in [6.45, 7) is 0. The van der Waals surface area contributed by atoms with Crippen LogP contribution >= 0.6 is 45.3 Å². The van der Waals surface area contributed by atoms with Crippen molar-refractivity contribution >= 4 is 236 Å². The predicted octanol–water partition coefficient (Wildman–Crippen LogP) is 35.2. The molecule has 12 heterocycles. The summed E-state index contributed by atoms with van der Waals surface area (Å²) >= 11 is 7.17. The number of furan rings is 1. The Morgan fingerprint density at radius 1 is 0.170 bits per heavy atom. The highest BCUT2D eigenvalue weighted by atomic mass is 32.1. The Bertz CT molecular complexity index is 10100. The molecule has 19 aromatic carbocycles. The highest BCUT2D eigenvalue weighted by Crippen LogP contribution is 2.50. The van der Waals surface area contributed by atoms with Gasteiger partial charge in [0.1, 0.15) is 5.58 Å². The number of para-hydroxylation sites is 6. The molecular formula is C126H74N10OS4. The first-order valence-electron chi connectivity index (χ1n) is 47.2. The van der Waals surface area contributed by atoms with Crippen LogP contribution in [0.15, 0.2) is 453 Å². The quantitative estimate of drug-likeness (QED) is 0.134. The summed E-state index contributed by atoms with van der Waals surface area (Å²) in [5.74, 6) is 2.23. The number of benzene rings is 19. The zero-order valence-corrected chi connectivity index (χ0v) is 78.5. The monoisotopic (exact) mass is 1870 g/mol. The first-order chi connectivity index (χ1) is 69.9. The highest BCUT2D eigenvalue weighted by molar-refractivity contribution is 7.27. The summed E-state index contributed by atoms with van der Waals surface area (Å²) in [6, 6.07) is 159. The Balaban J connectivity index is 0.000000102. The number of aromatic nitrogens is 10. The minimum absolute atomic E-state index is 0.736. The zero-order chi connectivity index (χ0) is 92.4. The Morgan fingerprint density at radius 3 is 0.830 bits per heavy atom. The number of thiophene rings is 4. The summed E-state index contributed by atoms with van der Waals surface area (Å²) in [4.78, 5) is 30.9. The molecular weight excluding hydrogens is 1800 g/mol. The average Bonchev–Trinajstić information content (AvgIpc) is 1.54. The van der Waals surface area contributed by atoms with E-state index in [1.54, 1.807) is 34.0 Å². The molecule has 15 heteroatoms.